The van der Waals surface area contributed by atoms with Gasteiger partial charge in [0.2, 0.25) is 5.13 Å². The van der Waals surface area contributed by atoms with Gasteiger partial charge in [-0.25, -0.2) is 0 Å². The van der Waals surface area contributed by atoms with Crippen molar-refractivity contribution in [2.24, 2.45) is 0 Å². The number of hydrogen-bond acceptors (Lipinski definition) is 6. The first kappa shape index (κ1) is 11.4. The van der Waals surface area contributed by atoms with Crippen LogP contribution in [0.2, 0.25) is 0 Å². The Morgan fingerprint density at radius 1 is 1.35 bits per heavy atom. The standard InChI is InChI=1S/C11H18N4OS/c12-11-14-13-10(17-11)7-15-5-6-16-9-4-2-1-3-8(9)15/h8-9H,1-7H2,(H2,12,14). The molecular formula is C11H18N4OS. The number of nitrogens with zero attached hydrogens (tertiary/aromatic N) is 3. The Morgan fingerprint density at radius 3 is 3.06 bits per heavy atom. The molecule has 17 heavy (non-hydrogen) atoms. The zero-order valence-electron chi connectivity index (χ0n) is 9.84. The van der Waals surface area contributed by atoms with Gasteiger partial charge in [-0.15, -0.1) is 10.2 Å². The lowest BCUT2D eigenvalue weighted by Gasteiger charge is -2.43. The summed E-state index contributed by atoms with van der Waals surface area (Å²) in [4.78, 5) is 2.49. The Hall–Kier alpha value is -0.720. The Morgan fingerprint density at radius 2 is 2.24 bits per heavy atom. The third-order valence-electron chi connectivity index (χ3n) is 3.67. The highest BCUT2D eigenvalue weighted by atomic mass is 32.1. The van der Waals surface area contributed by atoms with Crippen molar-refractivity contribution in [2.45, 2.75) is 44.4 Å². The van der Waals surface area contributed by atoms with Crippen molar-refractivity contribution >= 4 is 16.5 Å². The molecule has 0 spiro atoms. The number of morpholine rings is 1. The van der Waals surface area contributed by atoms with E-state index in [9.17, 15) is 0 Å². The van der Waals surface area contributed by atoms with E-state index >= 15 is 0 Å². The lowest BCUT2D eigenvalue weighted by Crippen LogP contribution is -2.52. The quantitative estimate of drug-likeness (QED) is 0.861. The fraction of sp³-hybridized carbons (Fsp3) is 0.818. The molecule has 2 atom stereocenters. The summed E-state index contributed by atoms with van der Waals surface area (Å²) in [6.07, 6.45) is 5.51. The molecule has 0 bridgehead atoms. The second-order valence-electron chi connectivity index (χ2n) is 4.77. The van der Waals surface area contributed by atoms with Crippen LogP contribution in [0.1, 0.15) is 30.7 Å². The van der Waals surface area contributed by atoms with Crippen LogP contribution in [0, 0.1) is 0 Å². The fourth-order valence-corrected chi connectivity index (χ4v) is 3.51. The van der Waals surface area contributed by atoms with E-state index in [4.69, 9.17) is 10.5 Å². The van der Waals surface area contributed by atoms with E-state index in [1.54, 1.807) is 0 Å². The van der Waals surface area contributed by atoms with Gasteiger partial charge in [-0.3, -0.25) is 4.90 Å². The van der Waals surface area contributed by atoms with Gasteiger partial charge in [0.25, 0.3) is 0 Å². The molecule has 1 aliphatic carbocycles. The molecule has 0 amide bonds. The normalized spacial score (nSPS) is 30.1. The smallest absolute Gasteiger partial charge is 0.203 e. The minimum Gasteiger partial charge on any atom is -0.375 e. The molecule has 2 aliphatic rings. The fourth-order valence-electron chi connectivity index (χ4n) is 2.88. The van der Waals surface area contributed by atoms with Gasteiger partial charge in [-0.1, -0.05) is 24.2 Å². The molecule has 2 heterocycles. The molecule has 1 aromatic rings. The molecule has 1 aliphatic heterocycles. The highest BCUT2D eigenvalue weighted by molar-refractivity contribution is 7.15. The topological polar surface area (TPSA) is 64.3 Å². The summed E-state index contributed by atoms with van der Waals surface area (Å²) in [5.41, 5.74) is 5.62. The van der Waals surface area contributed by atoms with Crippen molar-refractivity contribution in [2.75, 3.05) is 18.9 Å². The van der Waals surface area contributed by atoms with Crippen molar-refractivity contribution < 1.29 is 4.74 Å². The van der Waals surface area contributed by atoms with Gasteiger partial charge in [0.1, 0.15) is 5.01 Å². The first-order chi connectivity index (χ1) is 8.33. The Balaban J connectivity index is 1.68. The number of rotatable bonds is 2. The zero-order chi connectivity index (χ0) is 11.7. The second kappa shape index (κ2) is 4.88. The van der Waals surface area contributed by atoms with Crippen molar-refractivity contribution in [1.29, 1.82) is 0 Å². The van der Waals surface area contributed by atoms with E-state index in [1.165, 1.54) is 37.0 Å². The van der Waals surface area contributed by atoms with Crippen LogP contribution in [0.25, 0.3) is 0 Å². The SMILES string of the molecule is Nc1nnc(CN2CCOC3CCCCC32)s1. The molecule has 1 saturated carbocycles. The number of hydrogen-bond donors (Lipinski definition) is 1. The van der Waals surface area contributed by atoms with Crippen molar-refractivity contribution in [3.63, 3.8) is 0 Å². The van der Waals surface area contributed by atoms with Crippen LogP contribution in [0.15, 0.2) is 0 Å². The highest BCUT2D eigenvalue weighted by Gasteiger charge is 2.34. The van der Waals surface area contributed by atoms with E-state index < -0.39 is 0 Å². The number of nitrogen functional groups attached to an aromatic ring is 1. The number of anilines is 1. The predicted molar refractivity (Wildman–Crippen MR) is 66.7 cm³/mol. The first-order valence-electron chi connectivity index (χ1n) is 6.26. The molecule has 2 N–H and O–H groups in total. The number of aromatic nitrogens is 2. The third kappa shape index (κ3) is 2.43. The van der Waals surface area contributed by atoms with Gasteiger partial charge in [-0.05, 0) is 12.8 Å². The minimum atomic E-state index is 0.433. The Labute approximate surface area is 105 Å². The number of ether oxygens (including phenoxy) is 1. The molecule has 2 fully saturated rings. The summed E-state index contributed by atoms with van der Waals surface area (Å²) in [7, 11) is 0. The van der Waals surface area contributed by atoms with E-state index in [0.29, 0.717) is 17.3 Å². The van der Waals surface area contributed by atoms with Crippen LogP contribution < -0.4 is 5.73 Å². The summed E-state index contributed by atoms with van der Waals surface area (Å²) in [5, 5.41) is 9.57. The largest absolute Gasteiger partial charge is 0.375 e. The van der Waals surface area contributed by atoms with Gasteiger partial charge in [0.15, 0.2) is 0 Å². The molecule has 2 unspecified atom stereocenters. The maximum atomic E-state index is 5.86. The van der Waals surface area contributed by atoms with Crippen LogP contribution in [-0.4, -0.2) is 40.4 Å². The van der Waals surface area contributed by atoms with Crippen LogP contribution in [0.3, 0.4) is 0 Å². The summed E-state index contributed by atoms with van der Waals surface area (Å²) in [6, 6.07) is 0.572. The molecule has 0 radical (unpaired) electrons. The highest BCUT2D eigenvalue weighted by Crippen LogP contribution is 2.29. The van der Waals surface area contributed by atoms with Crippen LogP contribution >= 0.6 is 11.3 Å². The summed E-state index contributed by atoms with van der Waals surface area (Å²) >= 11 is 1.49. The molecular weight excluding hydrogens is 236 g/mol. The molecule has 94 valence electrons. The molecule has 1 aromatic heterocycles. The minimum absolute atomic E-state index is 0.433. The number of fused-ring (bicyclic) bond motifs is 1. The first-order valence-corrected chi connectivity index (χ1v) is 7.08. The molecule has 3 rings (SSSR count). The van der Waals surface area contributed by atoms with E-state index in [1.807, 2.05) is 0 Å². The Kier molecular flexibility index (Phi) is 3.26. The average Bonchev–Trinajstić information content (AvgIpc) is 2.75. The van der Waals surface area contributed by atoms with Crippen LogP contribution in [0.4, 0.5) is 5.13 Å². The summed E-state index contributed by atoms with van der Waals surface area (Å²) < 4.78 is 5.86. The predicted octanol–water partition coefficient (Wildman–Crippen LogP) is 1.26. The lowest BCUT2D eigenvalue weighted by atomic mass is 9.90. The van der Waals surface area contributed by atoms with E-state index in [0.717, 1.165) is 24.7 Å². The van der Waals surface area contributed by atoms with E-state index in [-0.39, 0.29) is 0 Å². The molecule has 5 nitrogen and oxygen atoms in total. The average molecular weight is 254 g/mol. The van der Waals surface area contributed by atoms with Crippen LogP contribution in [-0.2, 0) is 11.3 Å². The van der Waals surface area contributed by atoms with Crippen LogP contribution in [0.5, 0.6) is 0 Å². The maximum absolute atomic E-state index is 5.86. The Bertz CT molecular complexity index is 381. The summed E-state index contributed by atoms with van der Waals surface area (Å²) in [5.74, 6) is 0. The monoisotopic (exact) mass is 254 g/mol. The van der Waals surface area contributed by atoms with Crippen molar-refractivity contribution in [1.82, 2.24) is 15.1 Å². The van der Waals surface area contributed by atoms with Crippen molar-refractivity contribution in [3.8, 4) is 0 Å². The molecule has 1 saturated heterocycles. The van der Waals surface area contributed by atoms with Gasteiger partial charge >= 0.3 is 0 Å². The molecule has 6 heteroatoms. The van der Waals surface area contributed by atoms with Crippen molar-refractivity contribution in [3.05, 3.63) is 5.01 Å². The van der Waals surface area contributed by atoms with Gasteiger partial charge in [-0.2, -0.15) is 0 Å². The van der Waals surface area contributed by atoms with Gasteiger partial charge in [0, 0.05) is 12.6 Å². The van der Waals surface area contributed by atoms with Gasteiger partial charge in [0.05, 0.1) is 19.3 Å². The zero-order valence-corrected chi connectivity index (χ0v) is 10.7. The summed E-state index contributed by atoms with van der Waals surface area (Å²) in [6.45, 7) is 2.72. The second-order valence-corrected chi connectivity index (χ2v) is 5.86. The van der Waals surface area contributed by atoms with Gasteiger partial charge < -0.3 is 10.5 Å². The lowest BCUT2D eigenvalue weighted by molar-refractivity contribution is -0.0911. The molecule has 0 aromatic carbocycles. The maximum Gasteiger partial charge on any atom is 0.203 e. The third-order valence-corrected chi connectivity index (χ3v) is 4.41. The number of nitrogens with two attached hydrogens (primary N) is 1. The van der Waals surface area contributed by atoms with E-state index in [2.05, 4.69) is 15.1 Å².